The molecule has 1 aromatic carbocycles. The third-order valence-corrected chi connectivity index (χ3v) is 4.31. The Morgan fingerprint density at radius 3 is 2.48 bits per heavy atom. The monoisotopic (exact) mass is 323 g/mol. The van der Waals surface area contributed by atoms with E-state index in [1.54, 1.807) is 12.4 Å². The summed E-state index contributed by atoms with van der Waals surface area (Å²) < 4.78 is 0. The van der Waals surface area contributed by atoms with Gasteiger partial charge in [-0.05, 0) is 26.0 Å². The van der Waals surface area contributed by atoms with Crippen LogP contribution in [0.2, 0.25) is 0 Å². The van der Waals surface area contributed by atoms with Gasteiger partial charge in [-0.25, -0.2) is 4.98 Å². The molecule has 1 amide bonds. The van der Waals surface area contributed by atoms with Crippen LogP contribution in [-0.4, -0.2) is 21.9 Å². The topological polar surface area (TPSA) is 54.9 Å². The van der Waals surface area contributed by atoms with E-state index in [1.807, 2.05) is 56.3 Å². The van der Waals surface area contributed by atoms with Crippen molar-refractivity contribution in [1.29, 1.82) is 0 Å². The number of rotatable bonds is 4. The summed E-state index contributed by atoms with van der Waals surface area (Å²) in [6.07, 6.45) is 3.49. The molecule has 23 heavy (non-hydrogen) atoms. The lowest BCUT2D eigenvalue weighted by Crippen LogP contribution is -2.29. The van der Waals surface area contributed by atoms with Gasteiger partial charge in [0.15, 0.2) is 0 Å². The van der Waals surface area contributed by atoms with E-state index in [1.165, 1.54) is 11.3 Å². The summed E-state index contributed by atoms with van der Waals surface area (Å²) in [6.45, 7) is 3.90. The number of hydrogen-bond donors (Lipinski definition) is 1. The third-order valence-electron chi connectivity index (χ3n) is 3.21. The molecule has 116 valence electrons. The van der Waals surface area contributed by atoms with Crippen molar-refractivity contribution in [2.75, 3.05) is 0 Å². The van der Waals surface area contributed by atoms with E-state index in [2.05, 4.69) is 10.3 Å². The van der Waals surface area contributed by atoms with Crippen molar-refractivity contribution < 1.29 is 4.79 Å². The highest BCUT2D eigenvalue weighted by molar-refractivity contribution is 7.17. The van der Waals surface area contributed by atoms with Crippen LogP contribution in [0.15, 0.2) is 54.9 Å². The first kappa shape index (κ1) is 15.4. The van der Waals surface area contributed by atoms with E-state index in [0.29, 0.717) is 10.6 Å². The molecule has 0 spiro atoms. The molecule has 0 saturated carbocycles. The van der Waals surface area contributed by atoms with Crippen molar-refractivity contribution in [2.24, 2.45) is 0 Å². The standard InChI is InChI=1S/C18H17N3OS/c1-12(2)20-17(22)16-15(13-7-4-3-5-8-13)21-18(23-16)14-9-6-10-19-11-14/h3-12H,1-2H3,(H,20,22). The van der Waals surface area contributed by atoms with Gasteiger partial charge in [-0.2, -0.15) is 0 Å². The largest absolute Gasteiger partial charge is 0.349 e. The quantitative estimate of drug-likeness (QED) is 0.789. The molecule has 0 aliphatic rings. The first-order valence-corrected chi connectivity index (χ1v) is 8.24. The average Bonchev–Trinajstić information content (AvgIpc) is 3.01. The second-order valence-corrected chi connectivity index (χ2v) is 6.43. The van der Waals surface area contributed by atoms with E-state index in [0.717, 1.165) is 16.1 Å². The Hall–Kier alpha value is -2.53. The first-order valence-electron chi connectivity index (χ1n) is 7.42. The van der Waals surface area contributed by atoms with Crippen molar-refractivity contribution >= 4 is 17.2 Å². The van der Waals surface area contributed by atoms with E-state index in [-0.39, 0.29) is 11.9 Å². The van der Waals surface area contributed by atoms with Crippen LogP contribution in [0.3, 0.4) is 0 Å². The Bertz CT molecular complexity index is 798. The van der Waals surface area contributed by atoms with Gasteiger partial charge < -0.3 is 5.32 Å². The summed E-state index contributed by atoms with van der Waals surface area (Å²) in [6, 6.07) is 13.7. The molecule has 0 unspecified atom stereocenters. The van der Waals surface area contributed by atoms with Crippen LogP contribution in [-0.2, 0) is 0 Å². The lowest BCUT2D eigenvalue weighted by atomic mass is 10.1. The predicted molar refractivity (Wildman–Crippen MR) is 93.4 cm³/mol. The maximum atomic E-state index is 12.5. The van der Waals surface area contributed by atoms with E-state index in [4.69, 9.17) is 4.98 Å². The Morgan fingerprint density at radius 2 is 1.83 bits per heavy atom. The zero-order valence-corrected chi connectivity index (χ0v) is 13.8. The van der Waals surface area contributed by atoms with Gasteiger partial charge in [-0.15, -0.1) is 11.3 Å². The summed E-state index contributed by atoms with van der Waals surface area (Å²) in [5.74, 6) is -0.0912. The number of benzene rings is 1. The molecular weight excluding hydrogens is 306 g/mol. The van der Waals surface area contributed by atoms with Gasteiger partial charge in [-0.3, -0.25) is 9.78 Å². The maximum Gasteiger partial charge on any atom is 0.263 e. The highest BCUT2D eigenvalue weighted by Crippen LogP contribution is 2.33. The van der Waals surface area contributed by atoms with Gasteiger partial charge in [0.2, 0.25) is 0 Å². The molecule has 0 bridgehead atoms. The Labute approximate surface area is 139 Å². The Balaban J connectivity index is 2.09. The second-order valence-electron chi connectivity index (χ2n) is 5.43. The number of thiazole rings is 1. The number of carbonyl (C=O) groups is 1. The minimum Gasteiger partial charge on any atom is -0.349 e. The highest BCUT2D eigenvalue weighted by atomic mass is 32.1. The van der Waals surface area contributed by atoms with Crippen LogP contribution in [0.25, 0.3) is 21.8 Å². The average molecular weight is 323 g/mol. The van der Waals surface area contributed by atoms with Crippen LogP contribution in [0.5, 0.6) is 0 Å². The molecule has 3 rings (SSSR count). The fraction of sp³-hybridized carbons (Fsp3) is 0.167. The molecule has 2 heterocycles. The van der Waals surface area contributed by atoms with Gasteiger partial charge >= 0.3 is 0 Å². The number of nitrogens with one attached hydrogen (secondary N) is 1. The predicted octanol–water partition coefficient (Wildman–Crippen LogP) is 4.01. The minimum atomic E-state index is -0.0912. The molecule has 1 N–H and O–H groups in total. The summed E-state index contributed by atoms with van der Waals surface area (Å²) in [5.41, 5.74) is 2.57. The van der Waals surface area contributed by atoms with Crippen molar-refractivity contribution in [1.82, 2.24) is 15.3 Å². The van der Waals surface area contributed by atoms with Gasteiger partial charge in [0, 0.05) is 29.6 Å². The van der Waals surface area contributed by atoms with E-state index < -0.39 is 0 Å². The van der Waals surface area contributed by atoms with Crippen molar-refractivity contribution in [3.05, 3.63) is 59.7 Å². The molecule has 0 aliphatic heterocycles. The van der Waals surface area contributed by atoms with Gasteiger partial charge in [-0.1, -0.05) is 30.3 Å². The zero-order valence-electron chi connectivity index (χ0n) is 13.0. The smallest absolute Gasteiger partial charge is 0.263 e. The zero-order chi connectivity index (χ0) is 16.2. The van der Waals surface area contributed by atoms with E-state index >= 15 is 0 Å². The van der Waals surface area contributed by atoms with Gasteiger partial charge in [0.1, 0.15) is 9.88 Å². The number of amides is 1. The second kappa shape index (κ2) is 6.71. The van der Waals surface area contributed by atoms with Gasteiger partial charge in [0.05, 0.1) is 5.69 Å². The first-order chi connectivity index (χ1) is 11.1. The van der Waals surface area contributed by atoms with Crippen LogP contribution in [0, 0.1) is 0 Å². The summed E-state index contributed by atoms with van der Waals surface area (Å²) >= 11 is 1.39. The molecule has 4 nitrogen and oxygen atoms in total. The van der Waals surface area contributed by atoms with Crippen LogP contribution >= 0.6 is 11.3 Å². The lowest BCUT2D eigenvalue weighted by Gasteiger charge is -2.07. The highest BCUT2D eigenvalue weighted by Gasteiger charge is 2.20. The Kier molecular flexibility index (Phi) is 4.48. The van der Waals surface area contributed by atoms with Crippen molar-refractivity contribution in [3.8, 4) is 21.8 Å². The molecular formula is C18H17N3OS. The Morgan fingerprint density at radius 1 is 1.09 bits per heavy atom. The normalized spacial score (nSPS) is 10.7. The molecule has 0 radical (unpaired) electrons. The van der Waals surface area contributed by atoms with E-state index in [9.17, 15) is 4.79 Å². The van der Waals surface area contributed by atoms with Crippen LogP contribution in [0.1, 0.15) is 23.5 Å². The SMILES string of the molecule is CC(C)NC(=O)c1sc(-c2cccnc2)nc1-c1ccccc1. The number of aromatic nitrogens is 2. The number of nitrogens with zero attached hydrogens (tertiary/aromatic N) is 2. The molecule has 0 aliphatic carbocycles. The van der Waals surface area contributed by atoms with Crippen molar-refractivity contribution in [3.63, 3.8) is 0 Å². The summed E-state index contributed by atoms with van der Waals surface area (Å²) in [5, 5.41) is 3.75. The van der Waals surface area contributed by atoms with Crippen molar-refractivity contribution in [2.45, 2.75) is 19.9 Å². The molecule has 3 aromatic rings. The fourth-order valence-electron chi connectivity index (χ4n) is 2.21. The molecule has 0 atom stereocenters. The number of pyridine rings is 1. The van der Waals surface area contributed by atoms with Crippen LogP contribution in [0.4, 0.5) is 0 Å². The molecule has 2 aromatic heterocycles. The third kappa shape index (κ3) is 3.46. The lowest BCUT2D eigenvalue weighted by molar-refractivity contribution is 0.0947. The number of hydrogen-bond acceptors (Lipinski definition) is 4. The van der Waals surface area contributed by atoms with Gasteiger partial charge in [0.25, 0.3) is 5.91 Å². The molecule has 0 fully saturated rings. The van der Waals surface area contributed by atoms with Crippen LogP contribution < -0.4 is 5.32 Å². The fourth-order valence-corrected chi connectivity index (χ4v) is 3.19. The maximum absolute atomic E-state index is 12.5. The summed E-state index contributed by atoms with van der Waals surface area (Å²) in [7, 11) is 0. The molecule has 5 heteroatoms. The number of carbonyl (C=O) groups excluding carboxylic acids is 1. The minimum absolute atomic E-state index is 0.0788. The summed E-state index contributed by atoms with van der Waals surface area (Å²) in [4.78, 5) is 22.0. The molecule has 0 saturated heterocycles.